The van der Waals surface area contributed by atoms with Gasteiger partial charge in [-0.1, -0.05) is 12.8 Å². The van der Waals surface area contributed by atoms with Crippen LogP contribution < -0.4 is 0 Å². The highest BCUT2D eigenvalue weighted by atomic mass is 16.1. The van der Waals surface area contributed by atoms with Crippen LogP contribution in [0.5, 0.6) is 0 Å². The van der Waals surface area contributed by atoms with Crippen LogP contribution in [-0.4, -0.2) is 69.2 Å². The molecular formula is C28H34N2O4. The fourth-order valence-corrected chi connectivity index (χ4v) is 11.9. The van der Waals surface area contributed by atoms with Crippen LogP contribution in [0.4, 0.5) is 0 Å². The first-order valence-corrected chi connectivity index (χ1v) is 14.3. The number of carbonyl (C=O) groups is 4. The van der Waals surface area contributed by atoms with E-state index in [9.17, 15) is 19.2 Å². The molecule has 0 N–H and O–H groups in total. The van der Waals surface area contributed by atoms with Crippen LogP contribution in [0.3, 0.4) is 0 Å². The summed E-state index contributed by atoms with van der Waals surface area (Å²) < 4.78 is 0. The lowest BCUT2D eigenvalue weighted by molar-refractivity contribution is -0.251. The first kappa shape index (κ1) is 19.7. The van der Waals surface area contributed by atoms with E-state index in [0.29, 0.717) is 23.1 Å². The van der Waals surface area contributed by atoms with E-state index in [1.807, 2.05) is 0 Å². The van der Waals surface area contributed by atoms with Crippen molar-refractivity contribution in [3.8, 4) is 0 Å². The van der Waals surface area contributed by atoms with Gasteiger partial charge in [-0.15, -0.1) is 0 Å². The molecule has 0 amide bonds. The molecule has 0 bridgehead atoms. The quantitative estimate of drug-likeness (QED) is 0.549. The predicted molar refractivity (Wildman–Crippen MR) is 121 cm³/mol. The Labute approximate surface area is 200 Å². The molecule has 9 aliphatic rings. The molecule has 0 radical (unpaired) electrons. The van der Waals surface area contributed by atoms with Crippen molar-refractivity contribution in [3.05, 3.63) is 0 Å². The molecule has 9 rings (SSSR count). The number of Topliss-reactive ketones (excluding diaryl/α,β-unsaturated/α-hetero) is 4. The second-order valence-corrected chi connectivity index (χ2v) is 13.3. The molecule has 12 atom stereocenters. The zero-order chi connectivity index (χ0) is 22.6. The van der Waals surface area contributed by atoms with Gasteiger partial charge in [-0.05, 0) is 51.4 Å². The van der Waals surface area contributed by atoms with Gasteiger partial charge in [0.2, 0.25) is 0 Å². The summed E-state index contributed by atoms with van der Waals surface area (Å²) in [6, 6.07) is 0.410. The Balaban J connectivity index is 1.30. The zero-order valence-corrected chi connectivity index (χ0v) is 19.7. The van der Waals surface area contributed by atoms with E-state index >= 15 is 0 Å². The maximum absolute atomic E-state index is 14.0. The van der Waals surface area contributed by atoms with Crippen LogP contribution in [0.2, 0.25) is 0 Å². The molecule has 5 saturated heterocycles. The molecule has 6 heteroatoms. The molecule has 5 aliphatic heterocycles. The Morgan fingerprint density at radius 3 is 0.853 bits per heavy atom. The summed E-state index contributed by atoms with van der Waals surface area (Å²) in [5, 5.41) is 0. The number of piperazine rings is 1. The molecule has 34 heavy (non-hydrogen) atoms. The number of hydrogen-bond donors (Lipinski definition) is 0. The normalized spacial score (nSPS) is 59.2. The number of carbonyl (C=O) groups excluding carboxylic acids is 4. The van der Waals surface area contributed by atoms with Crippen molar-refractivity contribution in [2.24, 2.45) is 47.3 Å². The first-order chi connectivity index (χ1) is 16.6. The van der Waals surface area contributed by atoms with Gasteiger partial charge < -0.3 is 0 Å². The zero-order valence-electron chi connectivity index (χ0n) is 19.7. The third-order valence-electron chi connectivity index (χ3n) is 12.6. The molecule has 0 aromatic rings. The Hall–Kier alpha value is -1.40. The average molecular weight is 463 g/mol. The van der Waals surface area contributed by atoms with Crippen LogP contribution in [0, 0.1) is 47.3 Å². The lowest BCUT2D eigenvalue weighted by atomic mass is 9.48. The summed E-state index contributed by atoms with van der Waals surface area (Å²) >= 11 is 0. The highest BCUT2D eigenvalue weighted by Crippen LogP contribution is 2.62. The van der Waals surface area contributed by atoms with Gasteiger partial charge in [0.25, 0.3) is 0 Å². The summed E-state index contributed by atoms with van der Waals surface area (Å²) in [6.45, 7) is 0. The van der Waals surface area contributed by atoms with Crippen LogP contribution in [0.25, 0.3) is 0 Å². The van der Waals surface area contributed by atoms with Gasteiger partial charge >= 0.3 is 0 Å². The van der Waals surface area contributed by atoms with E-state index < -0.39 is 0 Å². The maximum atomic E-state index is 14.0. The van der Waals surface area contributed by atoms with Crippen molar-refractivity contribution >= 4 is 23.1 Å². The molecule has 0 spiro atoms. The van der Waals surface area contributed by atoms with Crippen LogP contribution >= 0.6 is 0 Å². The number of rotatable bonds is 0. The second-order valence-electron chi connectivity index (χ2n) is 13.3. The van der Waals surface area contributed by atoms with Gasteiger partial charge in [0.1, 0.15) is 23.1 Å². The molecule has 0 aromatic heterocycles. The lowest BCUT2D eigenvalue weighted by Crippen LogP contribution is -2.89. The van der Waals surface area contributed by atoms with Crippen molar-refractivity contribution in [2.75, 3.05) is 0 Å². The summed E-state index contributed by atoms with van der Waals surface area (Å²) in [5.74, 6) is 1.66. The number of hydrogen-bond acceptors (Lipinski definition) is 6. The largest absolute Gasteiger partial charge is 0.299 e. The predicted octanol–water partition coefficient (Wildman–Crippen LogP) is 2.03. The molecule has 9 fully saturated rings. The number of ketones is 4. The Morgan fingerprint density at radius 2 is 0.588 bits per heavy atom. The van der Waals surface area contributed by atoms with E-state index in [0.717, 1.165) is 64.2 Å². The van der Waals surface area contributed by atoms with Crippen molar-refractivity contribution in [1.82, 2.24) is 9.80 Å². The fraction of sp³-hybridized carbons (Fsp3) is 0.857. The highest BCUT2D eigenvalue weighted by molar-refractivity contribution is 5.95. The second kappa shape index (κ2) is 6.29. The summed E-state index contributed by atoms with van der Waals surface area (Å²) in [5.41, 5.74) is 0. The summed E-state index contributed by atoms with van der Waals surface area (Å²) in [4.78, 5) is 61.3. The summed E-state index contributed by atoms with van der Waals surface area (Å²) in [6.07, 6.45) is 9.00. The van der Waals surface area contributed by atoms with E-state index in [1.165, 1.54) is 0 Å². The van der Waals surface area contributed by atoms with Crippen molar-refractivity contribution in [1.29, 1.82) is 0 Å². The lowest BCUT2D eigenvalue weighted by Gasteiger charge is -2.75. The van der Waals surface area contributed by atoms with Crippen molar-refractivity contribution in [3.63, 3.8) is 0 Å². The Bertz CT molecular complexity index is 897. The Kier molecular flexibility index (Phi) is 3.65. The van der Waals surface area contributed by atoms with E-state index in [2.05, 4.69) is 9.80 Å². The van der Waals surface area contributed by atoms with Gasteiger partial charge in [0, 0.05) is 83.6 Å². The molecule has 0 aromatic carbocycles. The van der Waals surface area contributed by atoms with Crippen LogP contribution in [-0.2, 0) is 19.2 Å². The molecule has 4 saturated carbocycles. The van der Waals surface area contributed by atoms with E-state index in [-0.39, 0.29) is 83.6 Å². The SMILES string of the molecule is O=C1C2CCCC3C(=O)C4CCC5C(=O)C6CCCC7C(=O)C8CCC1C1C8N(C76)C5C4N1C23. The maximum Gasteiger partial charge on any atom is 0.142 e. The van der Waals surface area contributed by atoms with Gasteiger partial charge in [0.15, 0.2) is 0 Å². The smallest absolute Gasteiger partial charge is 0.142 e. The fourth-order valence-electron chi connectivity index (χ4n) is 11.9. The monoisotopic (exact) mass is 462 g/mol. The molecule has 12 unspecified atom stereocenters. The van der Waals surface area contributed by atoms with Gasteiger partial charge in [-0.2, -0.15) is 0 Å². The van der Waals surface area contributed by atoms with Crippen molar-refractivity contribution in [2.45, 2.75) is 100 Å². The molecule has 6 nitrogen and oxygen atoms in total. The Morgan fingerprint density at radius 1 is 0.353 bits per heavy atom. The van der Waals surface area contributed by atoms with Crippen molar-refractivity contribution < 1.29 is 19.2 Å². The average Bonchev–Trinajstić information content (AvgIpc) is 2.87. The molecule has 180 valence electrons. The first-order valence-electron chi connectivity index (χ1n) is 14.3. The van der Waals surface area contributed by atoms with E-state index in [1.54, 1.807) is 0 Å². The summed E-state index contributed by atoms with van der Waals surface area (Å²) in [7, 11) is 0. The minimum absolute atomic E-state index is 0.0119. The minimum Gasteiger partial charge on any atom is -0.299 e. The van der Waals surface area contributed by atoms with E-state index in [4.69, 9.17) is 0 Å². The van der Waals surface area contributed by atoms with Gasteiger partial charge in [-0.25, -0.2) is 0 Å². The highest BCUT2D eigenvalue weighted by Gasteiger charge is 2.74. The number of nitrogens with zero attached hydrogens (tertiary/aromatic N) is 2. The third kappa shape index (κ3) is 1.97. The topological polar surface area (TPSA) is 74.8 Å². The molecular weight excluding hydrogens is 428 g/mol. The molecule has 4 aliphatic carbocycles. The van der Waals surface area contributed by atoms with Gasteiger partial charge in [-0.3, -0.25) is 29.0 Å². The molecule has 5 heterocycles. The third-order valence-corrected chi connectivity index (χ3v) is 12.6. The van der Waals surface area contributed by atoms with Crippen LogP contribution in [0.1, 0.15) is 64.2 Å². The van der Waals surface area contributed by atoms with Gasteiger partial charge in [0.05, 0.1) is 0 Å². The standard InChI is InChI=1S/C28H34N2O4/c31-25-11-3-1-4-12-19(11)29-21-15(25)7-9-17-23(21)30-20-13(27(17)33)5-2-6-14(20)28(34)18-10-8-16(26(12)32)22(29)24(18)30/h11-24H,1-10H2. The number of piperidine rings is 4. The van der Waals surface area contributed by atoms with Crippen LogP contribution in [0.15, 0.2) is 0 Å². The minimum atomic E-state index is -0.0119.